The molecule has 20 heavy (non-hydrogen) atoms. The molecule has 1 saturated heterocycles. The van der Waals surface area contributed by atoms with E-state index < -0.39 is 10.0 Å². The molecule has 0 bridgehead atoms. The normalized spacial score (nSPS) is 17.1. The SMILES string of the molecule is CNc1cccnc1S(=O)(=O)NCCN1CCSCC1. The van der Waals surface area contributed by atoms with Crippen LogP contribution in [0.3, 0.4) is 0 Å². The van der Waals surface area contributed by atoms with E-state index in [1.54, 1.807) is 19.2 Å². The fourth-order valence-corrected chi connectivity index (χ4v) is 4.16. The van der Waals surface area contributed by atoms with Gasteiger partial charge in [-0.1, -0.05) is 0 Å². The topological polar surface area (TPSA) is 74.3 Å². The van der Waals surface area contributed by atoms with Crippen LogP contribution in [0.15, 0.2) is 23.4 Å². The third kappa shape index (κ3) is 4.08. The molecular formula is C12H20N4O2S2. The zero-order chi connectivity index (χ0) is 14.4. The smallest absolute Gasteiger partial charge is 0.260 e. The Morgan fingerprint density at radius 1 is 1.40 bits per heavy atom. The molecule has 112 valence electrons. The van der Waals surface area contributed by atoms with Crippen molar-refractivity contribution in [1.82, 2.24) is 14.6 Å². The summed E-state index contributed by atoms with van der Waals surface area (Å²) in [7, 11) is -1.88. The highest BCUT2D eigenvalue weighted by molar-refractivity contribution is 7.99. The van der Waals surface area contributed by atoms with E-state index in [0.29, 0.717) is 12.2 Å². The van der Waals surface area contributed by atoms with Crippen molar-refractivity contribution in [2.45, 2.75) is 5.03 Å². The van der Waals surface area contributed by atoms with Gasteiger partial charge in [0.15, 0.2) is 5.03 Å². The molecule has 6 nitrogen and oxygen atoms in total. The fraction of sp³-hybridized carbons (Fsp3) is 0.583. The number of aromatic nitrogens is 1. The molecule has 2 heterocycles. The van der Waals surface area contributed by atoms with Crippen molar-refractivity contribution in [2.75, 3.05) is 50.0 Å². The lowest BCUT2D eigenvalue weighted by Crippen LogP contribution is -2.39. The van der Waals surface area contributed by atoms with Gasteiger partial charge in [-0.25, -0.2) is 18.1 Å². The average molecular weight is 316 g/mol. The van der Waals surface area contributed by atoms with Crippen LogP contribution in [-0.4, -0.2) is 63.0 Å². The van der Waals surface area contributed by atoms with Crippen LogP contribution >= 0.6 is 11.8 Å². The number of hydrogen-bond donors (Lipinski definition) is 2. The summed E-state index contributed by atoms with van der Waals surface area (Å²) in [4.78, 5) is 6.23. The van der Waals surface area contributed by atoms with E-state index in [1.807, 2.05) is 11.8 Å². The number of nitrogens with zero attached hydrogens (tertiary/aromatic N) is 2. The van der Waals surface area contributed by atoms with E-state index in [1.165, 1.54) is 6.20 Å². The molecule has 1 aromatic heterocycles. The molecule has 8 heteroatoms. The van der Waals surface area contributed by atoms with Gasteiger partial charge in [-0.15, -0.1) is 0 Å². The molecule has 1 aliphatic heterocycles. The van der Waals surface area contributed by atoms with Crippen LogP contribution in [0.4, 0.5) is 5.69 Å². The molecule has 1 aromatic rings. The van der Waals surface area contributed by atoms with Gasteiger partial charge in [-0.3, -0.25) is 0 Å². The monoisotopic (exact) mass is 316 g/mol. The Balaban J connectivity index is 1.93. The number of sulfonamides is 1. The molecule has 0 aliphatic carbocycles. The lowest BCUT2D eigenvalue weighted by molar-refractivity contribution is 0.307. The predicted octanol–water partition coefficient (Wildman–Crippen LogP) is 0.450. The van der Waals surface area contributed by atoms with Crippen molar-refractivity contribution < 1.29 is 8.42 Å². The minimum atomic E-state index is -3.56. The summed E-state index contributed by atoms with van der Waals surface area (Å²) in [5, 5.41) is 2.90. The third-order valence-corrected chi connectivity index (χ3v) is 5.48. The number of nitrogens with one attached hydrogen (secondary N) is 2. The molecule has 0 spiro atoms. The first kappa shape index (κ1) is 15.6. The second kappa shape index (κ2) is 7.26. The van der Waals surface area contributed by atoms with Gasteiger partial charge in [0.1, 0.15) is 0 Å². The molecular weight excluding hydrogens is 296 g/mol. The zero-order valence-electron chi connectivity index (χ0n) is 11.5. The van der Waals surface area contributed by atoms with Gasteiger partial charge in [-0.05, 0) is 12.1 Å². The lowest BCUT2D eigenvalue weighted by atomic mass is 10.4. The average Bonchev–Trinajstić information content (AvgIpc) is 2.48. The highest BCUT2D eigenvalue weighted by Gasteiger charge is 2.19. The summed E-state index contributed by atoms with van der Waals surface area (Å²) >= 11 is 1.94. The van der Waals surface area contributed by atoms with Crippen molar-refractivity contribution >= 4 is 27.5 Å². The van der Waals surface area contributed by atoms with Crippen LogP contribution in [0.1, 0.15) is 0 Å². The minimum absolute atomic E-state index is 0.0525. The van der Waals surface area contributed by atoms with E-state index in [2.05, 4.69) is 19.9 Å². The highest BCUT2D eigenvalue weighted by Crippen LogP contribution is 2.16. The van der Waals surface area contributed by atoms with Crippen molar-refractivity contribution in [3.63, 3.8) is 0 Å². The molecule has 0 aromatic carbocycles. The fourth-order valence-electron chi connectivity index (χ4n) is 2.03. The molecule has 0 saturated carbocycles. The first-order valence-electron chi connectivity index (χ1n) is 6.56. The molecule has 0 amide bonds. The summed E-state index contributed by atoms with van der Waals surface area (Å²) in [6.07, 6.45) is 1.48. The van der Waals surface area contributed by atoms with E-state index >= 15 is 0 Å². The van der Waals surface area contributed by atoms with Crippen molar-refractivity contribution in [1.29, 1.82) is 0 Å². The summed E-state index contributed by atoms with van der Waals surface area (Å²) in [6.45, 7) is 3.20. The minimum Gasteiger partial charge on any atom is -0.386 e. The maximum atomic E-state index is 12.2. The van der Waals surface area contributed by atoms with Gasteiger partial charge in [-0.2, -0.15) is 11.8 Å². The molecule has 0 unspecified atom stereocenters. The maximum Gasteiger partial charge on any atom is 0.260 e. The second-order valence-electron chi connectivity index (χ2n) is 4.46. The predicted molar refractivity (Wildman–Crippen MR) is 82.7 cm³/mol. The summed E-state index contributed by atoms with van der Waals surface area (Å²) in [6, 6.07) is 3.40. The molecule has 0 atom stereocenters. The van der Waals surface area contributed by atoms with Gasteiger partial charge < -0.3 is 10.2 Å². The molecule has 0 radical (unpaired) electrons. The van der Waals surface area contributed by atoms with E-state index in [9.17, 15) is 8.42 Å². The summed E-state index contributed by atoms with van der Waals surface area (Å²) in [5.74, 6) is 2.24. The van der Waals surface area contributed by atoms with Gasteiger partial charge in [0.05, 0.1) is 5.69 Å². The highest BCUT2D eigenvalue weighted by atomic mass is 32.2. The molecule has 2 N–H and O–H groups in total. The van der Waals surface area contributed by atoms with E-state index in [0.717, 1.165) is 31.1 Å². The number of pyridine rings is 1. The Labute approximate surface area is 124 Å². The quantitative estimate of drug-likeness (QED) is 0.794. The number of rotatable bonds is 6. The van der Waals surface area contributed by atoms with Crippen LogP contribution in [0.5, 0.6) is 0 Å². The Morgan fingerprint density at radius 2 is 2.15 bits per heavy atom. The van der Waals surface area contributed by atoms with Crippen LogP contribution < -0.4 is 10.0 Å². The van der Waals surface area contributed by atoms with Crippen LogP contribution in [-0.2, 0) is 10.0 Å². The first-order chi connectivity index (χ1) is 9.63. The van der Waals surface area contributed by atoms with Crippen molar-refractivity contribution in [2.24, 2.45) is 0 Å². The molecule has 2 rings (SSSR count). The Morgan fingerprint density at radius 3 is 2.85 bits per heavy atom. The maximum absolute atomic E-state index is 12.2. The summed E-state index contributed by atoms with van der Waals surface area (Å²) in [5.41, 5.74) is 0.509. The zero-order valence-corrected chi connectivity index (χ0v) is 13.1. The second-order valence-corrected chi connectivity index (χ2v) is 7.36. The van der Waals surface area contributed by atoms with Crippen LogP contribution in [0.2, 0.25) is 0 Å². The first-order valence-corrected chi connectivity index (χ1v) is 9.20. The lowest BCUT2D eigenvalue weighted by Gasteiger charge is -2.25. The van der Waals surface area contributed by atoms with Gasteiger partial charge in [0.25, 0.3) is 10.0 Å². The standard InChI is InChI=1S/C12H20N4O2S2/c1-13-11-3-2-4-14-12(11)20(17,18)15-5-6-16-7-9-19-10-8-16/h2-4,13,15H,5-10H2,1H3. The number of anilines is 1. The van der Waals surface area contributed by atoms with Crippen LogP contribution in [0, 0.1) is 0 Å². The number of hydrogen-bond acceptors (Lipinski definition) is 6. The molecule has 1 aliphatic rings. The number of thioether (sulfide) groups is 1. The van der Waals surface area contributed by atoms with Gasteiger partial charge in [0, 0.05) is 50.9 Å². The van der Waals surface area contributed by atoms with E-state index in [4.69, 9.17) is 0 Å². The Bertz CT molecular complexity index is 530. The Hall–Kier alpha value is -0.830. The largest absolute Gasteiger partial charge is 0.386 e. The van der Waals surface area contributed by atoms with Gasteiger partial charge in [0.2, 0.25) is 0 Å². The van der Waals surface area contributed by atoms with Crippen LogP contribution in [0.25, 0.3) is 0 Å². The summed E-state index contributed by atoms with van der Waals surface area (Å²) < 4.78 is 27.1. The Kier molecular flexibility index (Phi) is 5.64. The van der Waals surface area contributed by atoms with Gasteiger partial charge >= 0.3 is 0 Å². The van der Waals surface area contributed by atoms with Crippen molar-refractivity contribution in [3.05, 3.63) is 18.3 Å². The van der Waals surface area contributed by atoms with E-state index in [-0.39, 0.29) is 5.03 Å². The third-order valence-electron chi connectivity index (χ3n) is 3.12. The molecule has 1 fully saturated rings. The van der Waals surface area contributed by atoms with Crippen molar-refractivity contribution in [3.8, 4) is 0 Å².